The molecule has 1 aliphatic carbocycles. The molecule has 0 aliphatic heterocycles. The highest BCUT2D eigenvalue weighted by molar-refractivity contribution is 5.86. The molecule has 0 saturated heterocycles. The van der Waals surface area contributed by atoms with E-state index in [2.05, 4.69) is 51.8 Å². The number of pyridine rings is 1. The maximum atomic E-state index is 10.6. The van der Waals surface area contributed by atoms with Crippen LogP contribution in [0.15, 0.2) is 54.9 Å². The molecule has 2 aromatic carbocycles. The number of aliphatic hydroxyl groups is 2. The minimum absolute atomic E-state index is 0.700. The SMILES string of the molecule is Cc1cc(Nc2ccnc3c2CC[C@]3(C)O)ccc1NCCc1c[nH]c2c(C(C)(C)O)cccc12. The van der Waals surface area contributed by atoms with Crippen LogP contribution < -0.4 is 10.6 Å². The molecule has 6 nitrogen and oxygen atoms in total. The summed E-state index contributed by atoms with van der Waals surface area (Å²) in [5.41, 5.74) is 7.60. The molecule has 0 amide bonds. The summed E-state index contributed by atoms with van der Waals surface area (Å²) in [7, 11) is 0. The summed E-state index contributed by atoms with van der Waals surface area (Å²) in [5, 5.41) is 29.3. The van der Waals surface area contributed by atoms with Gasteiger partial charge in [0.15, 0.2) is 0 Å². The Morgan fingerprint density at radius 1 is 1.14 bits per heavy atom. The second kappa shape index (κ2) is 8.70. The molecule has 0 radical (unpaired) electrons. The lowest BCUT2D eigenvalue weighted by atomic mass is 9.95. The standard InChI is InChI=1S/C29H34N4O2/c1-18-16-20(33-25-12-15-31-27-22(25)10-13-29(27,4)35)8-9-24(18)30-14-11-19-17-32-26-21(19)6-5-7-23(26)28(2,3)34/h5-9,12,15-17,30,32,34-35H,10-11,13-14H2,1-4H3,(H,31,33)/t29-/m0/s1. The lowest BCUT2D eigenvalue weighted by Gasteiger charge is -2.18. The van der Waals surface area contributed by atoms with Crippen molar-refractivity contribution < 1.29 is 10.2 Å². The Bertz CT molecular complexity index is 1380. The van der Waals surface area contributed by atoms with Crippen molar-refractivity contribution in [1.29, 1.82) is 0 Å². The molecule has 1 atom stereocenters. The molecule has 182 valence electrons. The number of H-pyrrole nitrogens is 1. The Balaban J connectivity index is 1.26. The summed E-state index contributed by atoms with van der Waals surface area (Å²) in [6.45, 7) is 8.38. The van der Waals surface area contributed by atoms with E-state index >= 15 is 0 Å². The Kier molecular flexibility index (Phi) is 5.82. The number of aromatic nitrogens is 2. The molecule has 0 unspecified atom stereocenters. The first-order valence-corrected chi connectivity index (χ1v) is 12.3. The third kappa shape index (κ3) is 4.51. The molecular formula is C29H34N4O2. The lowest BCUT2D eigenvalue weighted by molar-refractivity contribution is 0.0553. The molecule has 1 aliphatic rings. The van der Waals surface area contributed by atoms with E-state index in [1.807, 2.05) is 45.2 Å². The van der Waals surface area contributed by atoms with Gasteiger partial charge in [0.2, 0.25) is 0 Å². The second-order valence-corrected chi connectivity index (χ2v) is 10.4. The number of hydrogen-bond donors (Lipinski definition) is 5. The van der Waals surface area contributed by atoms with Crippen molar-refractivity contribution in [2.75, 3.05) is 17.2 Å². The van der Waals surface area contributed by atoms with Crippen molar-refractivity contribution in [3.8, 4) is 0 Å². The molecule has 5 N–H and O–H groups in total. The van der Waals surface area contributed by atoms with Crippen LogP contribution in [0, 0.1) is 6.92 Å². The second-order valence-electron chi connectivity index (χ2n) is 10.4. The zero-order valence-electron chi connectivity index (χ0n) is 20.9. The minimum atomic E-state index is -0.888. The predicted molar refractivity (Wildman–Crippen MR) is 142 cm³/mol. The number of benzene rings is 2. The summed E-state index contributed by atoms with van der Waals surface area (Å²) in [5.74, 6) is 0. The first-order valence-electron chi connectivity index (χ1n) is 12.3. The summed E-state index contributed by atoms with van der Waals surface area (Å²) < 4.78 is 0. The highest BCUT2D eigenvalue weighted by atomic mass is 16.3. The number of para-hydroxylation sites is 1. The highest BCUT2D eigenvalue weighted by Gasteiger charge is 2.35. The number of nitrogens with zero attached hydrogens (tertiary/aromatic N) is 1. The van der Waals surface area contributed by atoms with Crippen LogP contribution in [0.25, 0.3) is 10.9 Å². The van der Waals surface area contributed by atoms with Gasteiger partial charge in [-0.15, -0.1) is 0 Å². The van der Waals surface area contributed by atoms with Crippen LogP contribution in [-0.2, 0) is 24.0 Å². The molecule has 35 heavy (non-hydrogen) atoms. The largest absolute Gasteiger partial charge is 0.386 e. The number of nitrogens with one attached hydrogen (secondary N) is 3. The Labute approximate surface area is 206 Å². The van der Waals surface area contributed by atoms with Crippen molar-refractivity contribution in [2.45, 2.75) is 58.2 Å². The molecule has 6 heteroatoms. The molecule has 0 saturated carbocycles. The average Bonchev–Trinajstić information content (AvgIpc) is 3.35. The van der Waals surface area contributed by atoms with Crippen LogP contribution in [0.2, 0.25) is 0 Å². The number of aromatic amines is 1. The topological polar surface area (TPSA) is 93.2 Å². The Morgan fingerprint density at radius 3 is 2.74 bits per heavy atom. The monoisotopic (exact) mass is 470 g/mol. The summed E-state index contributed by atoms with van der Waals surface area (Å²) >= 11 is 0. The smallest absolute Gasteiger partial charge is 0.104 e. The molecule has 2 heterocycles. The van der Waals surface area contributed by atoms with Crippen molar-refractivity contribution in [1.82, 2.24) is 9.97 Å². The zero-order chi connectivity index (χ0) is 24.8. The van der Waals surface area contributed by atoms with Gasteiger partial charge in [-0.3, -0.25) is 4.98 Å². The van der Waals surface area contributed by atoms with Crippen molar-refractivity contribution >= 4 is 28.0 Å². The first-order chi connectivity index (χ1) is 16.6. The van der Waals surface area contributed by atoms with Gasteiger partial charge in [-0.1, -0.05) is 18.2 Å². The van der Waals surface area contributed by atoms with Gasteiger partial charge in [-0.25, -0.2) is 0 Å². The first kappa shape index (κ1) is 23.4. The Hall–Kier alpha value is -3.35. The van der Waals surface area contributed by atoms with Crippen LogP contribution in [0.1, 0.15) is 55.1 Å². The molecule has 0 spiro atoms. The van der Waals surface area contributed by atoms with Gasteiger partial charge in [-0.2, -0.15) is 0 Å². The summed E-state index contributed by atoms with van der Waals surface area (Å²) in [6.07, 6.45) is 6.20. The van der Waals surface area contributed by atoms with Gasteiger partial charge < -0.3 is 25.8 Å². The van der Waals surface area contributed by atoms with Crippen molar-refractivity contribution in [2.24, 2.45) is 0 Å². The fourth-order valence-electron chi connectivity index (χ4n) is 5.17. The maximum Gasteiger partial charge on any atom is 0.104 e. The number of fused-ring (bicyclic) bond motifs is 2. The number of hydrogen-bond acceptors (Lipinski definition) is 5. The van der Waals surface area contributed by atoms with Gasteiger partial charge in [0.05, 0.1) is 16.8 Å². The minimum Gasteiger partial charge on any atom is -0.386 e. The van der Waals surface area contributed by atoms with E-state index in [-0.39, 0.29) is 0 Å². The van der Waals surface area contributed by atoms with Gasteiger partial charge >= 0.3 is 0 Å². The molecule has 4 aromatic rings. The van der Waals surface area contributed by atoms with Gasteiger partial charge in [0, 0.05) is 52.5 Å². The van der Waals surface area contributed by atoms with E-state index in [4.69, 9.17) is 0 Å². The zero-order valence-corrected chi connectivity index (χ0v) is 20.9. The van der Waals surface area contributed by atoms with E-state index in [1.54, 1.807) is 6.20 Å². The third-order valence-electron chi connectivity index (χ3n) is 7.10. The van der Waals surface area contributed by atoms with Crippen molar-refractivity contribution in [3.05, 3.63) is 82.8 Å². The van der Waals surface area contributed by atoms with E-state index in [0.29, 0.717) is 6.42 Å². The maximum absolute atomic E-state index is 10.6. The quantitative estimate of drug-likeness (QED) is 0.241. The summed E-state index contributed by atoms with van der Waals surface area (Å²) in [4.78, 5) is 7.78. The average molecular weight is 471 g/mol. The van der Waals surface area contributed by atoms with E-state index in [9.17, 15) is 10.2 Å². The van der Waals surface area contributed by atoms with Crippen LogP contribution in [0.5, 0.6) is 0 Å². The van der Waals surface area contributed by atoms with Crippen LogP contribution >= 0.6 is 0 Å². The predicted octanol–water partition coefficient (Wildman–Crippen LogP) is 5.65. The normalized spacial score (nSPS) is 17.5. The van der Waals surface area contributed by atoms with Gasteiger partial charge in [0.25, 0.3) is 0 Å². The highest BCUT2D eigenvalue weighted by Crippen LogP contribution is 2.39. The van der Waals surface area contributed by atoms with Crippen LogP contribution in [0.3, 0.4) is 0 Å². The molecule has 0 bridgehead atoms. The van der Waals surface area contributed by atoms with Crippen molar-refractivity contribution in [3.63, 3.8) is 0 Å². The molecule has 5 rings (SSSR count). The number of anilines is 3. The van der Waals surface area contributed by atoms with E-state index < -0.39 is 11.2 Å². The van der Waals surface area contributed by atoms with E-state index in [0.717, 1.165) is 69.7 Å². The van der Waals surface area contributed by atoms with Gasteiger partial charge in [-0.05, 0) is 82.3 Å². The molecular weight excluding hydrogens is 436 g/mol. The van der Waals surface area contributed by atoms with E-state index in [1.165, 1.54) is 5.56 Å². The third-order valence-corrected chi connectivity index (χ3v) is 7.10. The Morgan fingerprint density at radius 2 is 1.97 bits per heavy atom. The molecule has 2 aromatic heterocycles. The number of rotatable bonds is 7. The van der Waals surface area contributed by atoms with Crippen LogP contribution in [0.4, 0.5) is 17.1 Å². The molecule has 0 fully saturated rings. The number of aryl methyl sites for hydroxylation is 1. The fraction of sp³-hybridized carbons (Fsp3) is 0.345. The fourth-order valence-corrected chi connectivity index (χ4v) is 5.17. The lowest BCUT2D eigenvalue weighted by Crippen LogP contribution is -2.18. The summed E-state index contributed by atoms with van der Waals surface area (Å²) in [6, 6.07) is 14.4. The van der Waals surface area contributed by atoms with Gasteiger partial charge in [0.1, 0.15) is 5.60 Å². The van der Waals surface area contributed by atoms with Crippen LogP contribution in [-0.4, -0.2) is 26.7 Å².